The summed E-state index contributed by atoms with van der Waals surface area (Å²) in [5, 5.41) is 3.88. The smallest absolute Gasteiger partial charge is 0.267 e. The van der Waals surface area contributed by atoms with Gasteiger partial charge in [-0.15, -0.1) is 0 Å². The average molecular weight is 242 g/mol. The minimum Gasteiger partial charge on any atom is -0.351 e. The topological polar surface area (TPSA) is 62.0 Å². The molecule has 1 saturated carbocycles. The van der Waals surface area contributed by atoms with Gasteiger partial charge in [0.25, 0.3) is 5.91 Å². The molecule has 0 saturated heterocycles. The molecule has 3 rings (SSSR count). The van der Waals surface area contributed by atoms with E-state index in [1.54, 1.807) is 0 Å². The zero-order valence-electron chi connectivity index (χ0n) is 9.85. The fourth-order valence-corrected chi connectivity index (χ4v) is 2.19. The molecule has 1 heterocycles. The number of nitrogens with one attached hydrogen (secondary N) is 2. The summed E-state index contributed by atoms with van der Waals surface area (Å²) in [6.07, 6.45) is 1.87. The van der Waals surface area contributed by atoms with Gasteiger partial charge in [-0.05, 0) is 24.5 Å². The van der Waals surface area contributed by atoms with E-state index in [9.17, 15) is 9.59 Å². The van der Waals surface area contributed by atoms with E-state index in [0.717, 1.165) is 23.6 Å². The molecule has 0 spiro atoms. The maximum Gasteiger partial charge on any atom is 0.267 e. The first-order chi connectivity index (χ1) is 8.78. The van der Waals surface area contributed by atoms with Gasteiger partial charge >= 0.3 is 0 Å². The average Bonchev–Trinajstić information content (AvgIpc) is 3.02. The molecular formula is C14H14N2O2. The maximum atomic E-state index is 11.9. The molecule has 2 N–H and O–H groups in total. The third kappa shape index (κ3) is 2.01. The van der Waals surface area contributed by atoms with Crippen LogP contribution in [0.2, 0.25) is 0 Å². The number of aromatic nitrogens is 1. The maximum absolute atomic E-state index is 11.9. The highest BCUT2D eigenvalue weighted by atomic mass is 16.1. The normalized spacial score (nSPS) is 21.8. The predicted octanol–water partition coefficient (Wildman–Crippen LogP) is 1.73. The van der Waals surface area contributed by atoms with Crippen LogP contribution in [-0.2, 0) is 4.79 Å². The first-order valence-electron chi connectivity index (χ1n) is 6.09. The molecule has 1 amide bonds. The number of rotatable bonds is 4. The highest BCUT2D eigenvalue weighted by molar-refractivity contribution is 5.98. The molecule has 1 aliphatic rings. The van der Waals surface area contributed by atoms with E-state index in [0.29, 0.717) is 18.2 Å². The molecular weight excluding hydrogens is 228 g/mol. The second-order valence-electron chi connectivity index (χ2n) is 4.78. The number of carbonyl (C=O) groups is 2. The molecule has 1 fully saturated rings. The molecule has 1 aromatic heterocycles. The highest BCUT2D eigenvalue weighted by Crippen LogP contribution is 2.35. The Labute approximate surface area is 104 Å². The number of aldehydes is 1. The number of carbonyl (C=O) groups excluding carboxylic acids is 2. The van der Waals surface area contributed by atoms with E-state index in [-0.39, 0.29) is 11.8 Å². The van der Waals surface area contributed by atoms with Gasteiger partial charge in [-0.2, -0.15) is 0 Å². The lowest BCUT2D eigenvalue weighted by molar-refractivity contribution is -0.109. The van der Waals surface area contributed by atoms with E-state index >= 15 is 0 Å². The fraction of sp³-hybridized carbons (Fsp3) is 0.286. The SMILES string of the molecule is O=CC1CC1CNC(=O)c1cc2ccccc2[nH]1. The van der Waals surface area contributed by atoms with Crippen LogP contribution in [0, 0.1) is 11.8 Å². The molecule has 2 atom stereocenters. The molecule has 2 aromatic rings. The first kappa shape index (κ1) is 11.0. The lowest BCUT2D eigenvalue weighted by Gasteiger charge is -2.01. The molecule has 4 nitrogen and oxygen atoms in total. The minimum absolute atomic E-state index is 0.109. The van der Waals surface area contributed by atoms with Crippen LogP contribution in [0.15, 0.2) is 30.3 Å². The Morgan fingerprint density at radius 2 is 2.28 bits per heavy atom. The number of amides is 1. The molecule has 0 radical (unpaired) electrons. The molecule has 18 heavy (non-hydrogen) atoms. The van der Waals surface area contributed by atoms with Crippen molar-refractivity contribution in [2.24, 2.45) is 11.8 Å². The van der Waals surface area contributed by atoms with Crippen molar-refractivity contribution in [1.82, 2.24) is 10.3 Å². The summed E-state index contributed by atoms with van der Waals surface area (Å²) in [7, 11) is 0. The zero-order chi connectivity index (χ0) is 12.5. The molecule has 4 heteroatoms. The molecule has 92 valence electrons. The Balaban J connectivity index is 1.66. The van der Waals surface area contributed by atoms with Crippen molar-refractivity contribution in [1.29, 1.82) is 0 Å². The minimum atomic E-state index is -0.109. The Bertz CT molecular complexity index is 570. The van der Waals surface area contributed by atoms with Crippen LogP contribution in [-0.4, -0.2) is 23.7 Å². The molecule has 2 unspecified atom stereocenters. The Morgan fingerprint density at radius 3 is 3.00 bits per heavy atom. The number of aromatic amines is 1. The van der Waals surface area contributed by atoms with Crippen molar-refractivity contribution < 1.29 is 9.59 Å². The Hall–Kier alpha value is -2.10. The fourth-order valence-electron chi connectivity index (χ4n) is 2.19. The zero-order valence-corrected chi connectivity index (χ0v) is 9.85. The van der Waals surface area contributed by atoms with Gasteiger partial charge in [-0.25, -0.2) is 0 Å². The highest BCUT2D eigenvalue weighted by Gasteiger charge is 2.36. The van der Waals surface area contributed by atoms with Crippen LogP contribution in [0.1, 0.15) is 16.9 Å². The summed E-state index contributed by atoms with van der Waals surface area (Å²) in [4.78, 5) is 25.5. The van der Waals surface area contributed by atoms with E-state index in [1.165, 1.54) is 0 Å². The van der Waals surface area contributed by atoms with Crippen molar-refractivity contribution in [2.45, 2.75) is 6.42 Å². The summed E-state index contributed by atoms with van der Waals surface area (Å²) >= 11 is 0. The van der Waals surface area contributed by atoms with Gasteiger partial charge in [-0.1, -0.05) is 18.2 Å². The quantitative estimate of drug-likeness (QED) is 0.802. The lowest BCUT2D eigenvalue weighted by atomic mass is 10.2. The van der Waals surface area contributed by atoms with Crippen molar-refractivity contribution in [2.75, 3.05) is 6.54 Å². The van der Waals surface area contributed by atoms with Crippen molar-refractivity contribution in [3.05, 3.63) is 36.0 Å². The summed E-state index contributed by atoms with van der Waals surface area (Å²) in [6, 6.07) is 9.62. The van der Waals surface area contributed by atoms with Gasteiger partial charge in [0.1, 0.15) is 12.0 Å². The molecule has 0 bridgehead atoms. The van der Waals surface area contributed by atoms with Gasteiger partial charge in [0.05, 0.1) is 0 Å². The first-order valence-corrected chi connectivity index (χ1v) is 6.09. The summed E-state index contributed by atoms with van der Waals surface area (Å²) in [5.74, 6) is 0.367. The number of para-hydroxylation sites is 1. The van der Waals surface area contributed by atoms with Crippen LogP contribution in [0.25, 0.3) is 10.9 Å². The van der Waals surface area contributed by atoms with Crippen LogP contribution in [0.5, 0.6) is 0 Å². The van der Waals surface area contributed by atoms with Crippen LogP contribution in [0.3, 0.4) is 0 Å². The van der Waals surface area contributed by atoms with E-state index in [4.69, 9.17) is 0 Å². The third-order valence-corrected chi connectivity index (χ3v) is 3.45. The summed E-state index contributed by atoms with van der Waals surface area (Å²) < 4.78 is 0. The third-order valence-electron chi connectivity index (χ3n) is 3.45. The summed E-state index contributed by atoms with van der Waals surface area (Å²) in [5.41, 5.74) is 1.53. The van der Waals surface area contributed by atoms with Gasteiger partial charge < -0.3 is 15.1 Å². The van der Waals surface area contributed by atoms with Crippen molar-refractivity contribution in [3.8, 4) is 0 Å². The monoisotopic (exact) mass is 242 g/mol. The van der Waals surface area contributed by atoms with Gasteiger partial charge in [0.15, 0.2) is 0 Å². The van der Waals surface area contributed by atoms with E-state index in [2.05, 4.69) is 10.3 Å². The number of H-pyrrole nitrogens is 1. The second-order valence-corrected chi connectivity index (χ2v) is 4.78. The number of benzene rings is 1. The standard InChI is InChI=1S/C14H14N2O2/c17-8-11-5-10(11)7-15-14(18)13-6-9-3-1-2-4-12(9)16-13/h1-4,6,8,10-11,16H,5,7H2,(H,15,18). The molecule has 1 aromatic carbocycles. The lowest BCUT2D eigenvalue weighted by Crippen LogP contribution is -2.26. The second kappa shape index (κ2) is 4.29. The van der Waals surface area contributed by atoms with Gasteiger partial charge in [0.2, 0.25) is 0 Å². The van der Waals surface area contributed by atoms with E-state index < -0.39 is 0 Å². The van der Waals surface area contributed by atoms with Crippen molar-refractivity contribution in [3.63, 3.8) is 0 Å². The number of hydrogen-bond acceptors (Lipinski definition) is 2. The van der Waals surface area contributed by atoms with E-state index in [1.807, 2.05) is 30.3 Å². The van der Waals surface area contributed by atoms with Crippen LogP contribution < -0.4 is 5.32 Å². The molecule has 0 aliphatic heterocycles. The predicted molar refractivity (Wildman–Crippen MR) is 68.3 cm³/mol. The van der Waals surface area contributed by atoms with Crippen molar-refractivity contribution >= 4 is 23.1 Å². The summed E-state index contributed by atoms with van der Waals surface area (Å²) in [6.45, 7) is 0.581. The largest absolute Gasteiger partial charge is 0.351 e. The van der Waals surface area contributed by atoms with Gasteiger partial charge in [0, 0.05) is 23.4 Å². The van der Waals surface area contributed by atoms with Gasteiger partial charge in [-0.3, -0.25) is 4.79 Å². The number of fused-ring (bicyclic) bond motifs is 1. The van der Waals surface area contributed by atoms with Crippen LogP contribution in [0.4, 0.5) is 0 Å². The Morgan fingerprint density at radius 1 is 1.44 bits per heavy atom. The van der Waals surface area contributed by atoms with Crippen LogP contribution >= 0.6 is 0 Å². The molecule has 1 aliphatic carbocycles. The Kier molecular flexibility index (Phi) is 2.63. The number of hydrogen-bond donors (Lipinski definition) is 2.